The zero-order valence-electron chi connectivity index (χ0n) is 13.7. The zero-order chi connectivity index (χ0) is 16.3. The third-order valence-corrected chi connectivity index (χ3v) is 5.74. The number of halogens is 2. The molecule has 0 aromatic heterocycles. The fourth-order valence-electron chi connectivity index (χ4n) is 2.84. The Hall–Kier alpha value is -0.740. The highest BCUT2D eigenvalue weighted by molar-refractivity contribution is 14.1. The first-order valence-electron chi connectivity index (χ1n) is 7.76. The van der Waals surface area contributed by atoms with Gasteiger partial charge in [0.25, 0.3) is 0 Å². The quantitative estimate of drug-likeness (QED) is 0.490. The van der Waals surface area contributed by atoms with Crippen LogP contribution >= 0.6 is 34.2 Å². The lowest BCUT2D eigenvalue weighted by atomic mass is 10.0. The van der Waals surface area contributed by atoms with Crippen molar-refractivity contribution in [2.75, 3.05) is 11.4 Å². The van der Waals surface area contributed by atoms with Crippen LogP contribution in [0.3, 0.4) is 0 Å². The monoisotopic (exact) mass is 427 g/mol. The van der Waals surface area contributed by atoms with Crippen LogP contribution < -0.4 is 4.90 Å². The summed E-state index contributed by atoms with van der Waals surface area (Å²) < 4.78 is 1.33. The minimum absolute atomic E-state index is 0.389. The predicted octanol–water partition coefficient (Wildman–Crippen LogP) is 6.54. The van der Waals surface area contributed by atoms with E-state index in [1.54, 1.807) is 0 Å². The highest BCUT2D eigenvalue weighted by Gasteiger charge is 2.19. The highest BCUT2D eigenvalue weighted by atomic mass is 127. The van der Waals surface area contributed by atoms with E-state index < -0.39 is 0 Å². The summed E-state index contributed by atoms with van der Waals surface area (Å²) in [6.07, 6.45) is 1.08. The Morgan fingerprint density at radius 1 is 1.05 bits per heavy atom. The summed E-state index contributed by atoms with van der Waals surface area (Å²) in [4.78, 5) is 2.46. The van der Waals surface area contributed by atoms with E-state index in [0.29, 0.717) is 6.04 Å². The molecule has 2 rings (SSSR count). The van der Waals surface area contributed by atoms with E-state index in [2.05, 4.69) is 85.5 Å². The van der Waals surface area contributed by atoms with Crippen molar-refractivity contribution < 1.29 is 0 Å². The van der Waals surface area contributed by atoms with E-state index >= 15 is 0 Å². The molecule has 0 aliphatic rings. The lowest BCUT2D eigenvalue weighted by Crippen LogP contribution is -2.28. The molecule has 0 N–H and O–H groups in total. The summed E-state index contributed by atoms with van der Waals surface area (Å²) >= 11 is 8.60. The van der Waals surface area contributed by atoms with E-state index in [0.717, 1.165) is 23.6 Å². The summed E-state index contributed by atoms with van der Waals surface area (Å²) in [7, 11) is 0. The van der Waals surface area contributed by atoms with E-state index in [9.17, 15) is 0 Å². The molecule has 22 heavy (non-hydrogen) atoms. The Morgan fingerprint density at radius 3 is 2.32 bits per heavy atom. The molecule has 2 aromatic carbocycles. The van der Waals surface area contributed by atoms with Crippen molar-refractivity contribution in [1.29, 1.82) is 0 Å². The van der Waals surface area contributed by atoms with Gasteiger partial charge in [-0.05, 0) is 90.7 Å². The van der Waals surface area contributed by atoms with Crippen molar-refractivity contribution in [3.63, 3.8) is 0 Å². The van der Waals surface area contributed by atoms with Crippen molar-refractivity contribution >= 4 is 39.9 Å². The van der Waals surface area contributed by atoms with Gasteiger partial charge in [-0.2, -0.15) is 0 Å². The average Bonchev–Trinajstić information content (AvgIpc) is 2.50. The highest BCUT2D eigenvalue weighted by Crippen LogP contribution is 2.32. The minimum atomic E-state index is 0.389. The Bertz CT molecular complexity index is 596. The molecule has 0 saturated carbocycles. The maximum absolute atomic E-state index is 6.18. The van der Waals surface area contributed by atoms with Crippen LogP contribution in [0.4, 0.5) is 5.69 Å². The molecule has 0 amide bonds. The maximum Gasteiger partial charge on any atom is 0.0540 e. The second-order valence-electron chi connectivity index (χ2n) is 5.65. The summed E-state index contributed by atoms with van der Waals surface area (Å²) in [5.41, 5.74) is 5.09. The normalized spacial score (nSPS) is 12.3. The summed E-state index contributed by atoms with van der Waals surface area (Å²) in [5.74, 6) is 0. The molecule has 0 fully saturated rings. The fraction of sp³-hybridized carbons (Fsp3) is 0.368. The average molecular weight is 428 g/mol. The van der Waals surface area contributed by atoms with Gasteiger partial charge in [0, 0.05) is 20.8 Å². The first-order valence-corrected chi connectivity index (χ1v) is 9.22. The first kappa shape index (κ1) is 17.6. The molecule has 3 heteroatoms. The molecule has 2 aromatic rings. The molecule has 1 nitrogen and oxygen atoms in total. The predicted molar refractivity (Wildman–Crippen MR) is 106 cm³/mol. The Morgan fingerprint density at radius 2 is 1.77 bits per heavy atom. The minimum Gasteiger partial charge on any atom is -0.365 e. The fourth-order valence-corrected chi connectivity index (χ4v) is 3.50. The summed E-state index contributed by atoms with van der Waals surface area (Å²) in [5, 5.41) is 0.831. The number of hydrogen-bond donors (Lipinski definition) is 0. The van der Waals surface area contributed by atoms with Gasteiger partial charge in [0.05, 0.1) is 6.04 Å². The molecule has 0 saturated heterocycles. The molecule has 0 radical (unpaired) electrons. The molecular formula is C19H23ClIN. The van der Waals surface area contributed by atoms with Crippen molar-refractivity contribution in [1.82, 2.24) is 0 Å². The van der Waals surface area contributed by atoms with Crippen molar-refractivity contribution in [2.24, 2.45) is 0 Å². The standard InChI is InChI=1S/C19H23ClIN/c1-5-19(15-8-7-13(3)18(21)12-15)22(6-2)16-9-10-17(20)14(4)11-16/h7-12,19H,5-6H2,1-4H3. The molecular weight excluding hydrogens is 405 g/mol. The molecule has 0 aliphatic carbocycles. The molecule has 1 unspecified atom stereocenters. The molecule has 0 bridgehead atoms. The summed E-state index contributed by atoms with van der Waals surface area (Å²) in [6.45, 7) is 9.67. The van der Waals surface area contributed by atoms with Gasteiger partial charge in [-0.15, -0.1) is 0 Å². The number of nitrogens with zero attached hydrogens (tertiary/aromatic N) is 1. The Labute approximate surface area is 152 Å². The topological polar surface area (TPSA) is 3.24 Å². The van der Waals surface area contributed by atoms with E-state index in [1.807, 2.05) is 6.07 Å². The van der Waals surface area contributed by atoms with E-state index in [-0.39, 0.29) is 0 Å². The van der Waals surface area contributed by atoms with Gasteiger partial charge < -0.3 is 4.90 Å². The van der Waals surface area contributed by atoms with E-state index in [4.69, 9.17) is 11.6 Å². The van der Waals surface area contributed by atoms with Crippen LogP contribution in [0.25, 0.3) is 0 Å². The number of rotatable bonds is 5. The van der Waals surface area contributed by atoms with Gasteiger partial charge >= 0.3 is 0 Å². The van der Waals surface area contributed by atoms with Crippen LogP contribution in [0.15, 0.2) is 36.4 Å². The van der Waals surface area contributed by atoms with E-state index in [1.165, 1.54) is 20.4 Å². The third kappa shape index (κ3) is 3.77. The molecule has 0 aliphatic heterocycles. The van der Waals surface area contributed by atoms with Crippen LogP contribution in [-0.2, 0) is 0 Å². The Balaban J connectivity index is 2.41. The molecule has 118 valence electrons. The Kier molecular flexibility index (Phi) is 6.16. The smallest absolute Gasteiger partial charge is 0.0540 e. The van der Waals surface area contributed by atoms with Crippen LogP contribution in [0.5, 0.6) is 0 Å². The van der Waals surface area contributed by atoms with Crippen LogP contribution in [0.1, 0.15) is 43.0 Å². The largest absolute Gasteiger partial charge is 0.365 e. The molecule has 0 heterocycles. The maximum atomic E-state index is 6.18. The SMILES string of the molecule is CCC(c1ccc(C)c(I)c1)N(CC)c1ccc(Cl)c(C)c1. The van der Waals surface area contributed by atoms with Crippen molar-refractivity contribution in [3.8, 4) is 0 Å². The van der Waals surface area contributed by atoms with Crippen molar-refractivity contribution in [2.45, 2.75) is 40.2 Å². The second kappa shape index (κ2) is 7.69. The molecule has 1 atom stereocenters. The lowest BCUT2D eigenvalue weighted by Gasteiger charge is -2.33. The van der Waals surface area contributed by atoms with Crippen molar-refractivity contribution in [3.05, 3.63) is 61.7 Å². The lowest BCUT2D eigenvalue weighted by molar-refractivity contribution is 0.614. The van der Waals surface area contributed by atoms with Crippen LogP contribution in [0, 0.1) is 17.4 Å². The van der Waals surface area contributed by atoms with Gasteiger partial charge in [-0.25, -0.2) is 0 Å². The summed E-state index contributed by atoms with van der Waals surface area (Å²) in [6, 6.07) is 13.5. The zero-order valence-corrected chi connectivity index (χ0v) is 16.6. The van der Waals surface area contributed by atoms with Gasteiger partial charge in [0.1, 0.15) is 0 Å². The molecule has 0 spiro atoms. The number of anilines is 1. The first-order chi connectivity index (χ1) is 10.5. The second-order valence-corrected chi connectivity index (χ2v) is 7.22. The number of aryl methyl sites for hydroxylation is 2. The number of benzene rings is 2. The van der Waals surface area contributed by atoms with Gasteiger partial charge in [-0.1, -0.05) is 30.7 Å². The van der Waals surface area contributed by atoms with Gasteiger partial charge in [0.2, 0.25) is 0 Å². The number of hydrogen-bond acceptors (Lipinski definition) is 1. The van der Waals surface area contributed by atoms with Crippen LogP contribution in [0.2, 0.25) is 5.02 Å². The van der Waals surface area contributed by atoms with Crippen LogP contribution in [-0.4, -0.2) is 6.54 Å². The van der Waals surface area contributed by atoms with Gasteiger partial charge in [-0.3, -0.25) is 0 Å². The van der Waals surface area contributed by atoms with Gasteiger partial charge in [0.15, 0.2) is 0 Å². The third-order valence-electron chi connectivity index (χ3n) is 4.16.